The lowest BCUT2D eigenvalue weighted by molar-refractivity contribution is 0.0723. The molecule has 1 aromatic heterocycles. The first-order valence-corrected chi connectivity index (χ1v) is 7.67. The third-order valence-electron chi connectivity index (χ3n) is 3.82. The summed E-state index contributed by atoms with van der Waals surface area (Å²) >= 11 is 0. The van der Waals surface area contributed by atoms with Crippen molar-refractivity contribution in [1.82, 2.24) is 14.9 Å². The minimum Gasteiger partial charge on any atom is -0.339 e. The molecule has 3 rings (SSSR count). The minimum absolute atomic E-state index is 0.0294. The highest BCUT2D eigenvalue weighted by Gasteiger charge is 2.18. The molecule has 0 radical (unpaired) electrons. The van der Waals surface area contributed by atoms with Gasteiger partial charge in [-0.2, -0.15) is 0 Å². The highest BCUT2D eigenvalue weighted by atomic mass is 16.2. The Kier molecular flexibility index (Phi) is 4.32. The van der Waals surface area contributed by atoms with Crippen LogP contribution in [0.1, 0.15) is 35.2 Å². The molecule has 0 aliphatic carbocycles. The molecule has 0 unspecified atom stereocenters. The molecular weight excluding hydrogens is 276 g/mol. The molecule has 1 saturated heterocycles. The van der Waals surface area contributed by atoms with Gasteiger partial charge in [-0.1, -0.05) is 12.1 Å². The van der Waals surface area contributed by atoms with Crippen LogP contribution in [0.3, 0.4) is 0 Å². The van der Waals surface area contributed by atoms with Gasteiger partial charge in [-0.05, 0) is 43.9 Å². The fourth-order valence-corrected chi connectivity index (χ4v) is 2.63. The van der Waals surface area contributed by atoms with Crippen molar-refractivity contribution in [3.8, 4) is 0 Å². The SMILES string of the molecule is Cc1cccc(Nc2ncc(C(=O)N3CCCCC3)cn2)c1. The second kappa shape index (κ2) is 6.56. The van der Waals surface area contributed by atoms with Gasteiger partial charge < -0.3 is 10.2 Å². The topological polar surface area (TPSA) is 58.1 Å². The van der Waals surface area contributed by atoms with E-state index in [1.165, 1.54) is 12.0 Å². The maximum absolute atomic E-state index is 12.3. The Labute approximate surface area is 130 Å². The van der Waals surface area contributed by atoms with Crippen molar-refractivity contribution in [2.75, 3.05) is 18.4 Å². The Balaban J connectivity index is 1.68. The Hall–Kier alpha value is -2.43. The number of amides is 1. The highest BCUT2D eigenvalue weighted by Crippen LogP contribution is 2.15. The molecule has 22 heavy (non-hydrogen) atoms. The molecule has 0 atom stereocenters. The van der Waals surface area contributed by atoms with Crippen LogP contribution >= 0.6 is 0 Å². The molecule has 2 aromatic rings. The van der Waals surface area contributed by atoms with Gasteiger partial charge >= 0.3 is 0 Å². The molecule has 5 nitrogen and oxygen atoms in total. The Morgan fingerprint density at radius 3 is 2.55 bits per heavy atom. The van der Waals surface area contributed by atoms with Crippen molar-refractivity contribution in [3.63, 3.8) is 0 Å². The van der Waals surface area contributed by atoms with Gasteiger partial charge in [0.15, 0.2) is 0 Å². The molecule has 1 aliphatic rings. The van der Waals surface area contributed by atoms with E-state index in [0.717, 1.165) is 31.6 Å². The van der Waals surface area contributed by atoms with Crippen LogP contribution in [-0.2, 0) is 0 Å². The molecule has 0 spiro atoms. The lowest BCUT2D eigenvalue weighted by Gasteiger charge is -2.26. The summed E-state index contributed by atoms with van der Waals surface area (Å²) < 4.78 is 0. The smallest absolute Gasteiger partial charge is 0.256 e. The van der Waals surface area contributed by atoms with Gasteiger partial charge in [-0.25, -0.2) is 9.97 Å². The van der Waals surface area contributed by atoms with Crippen LogP contribution in [-0.4, -0.2) is 33.9 Å². The first kappa shape index (κ1) is 14.5. The standard InChI is InChI=1S/C17H20N4O/c1-13-6-5-7-15(10-13)20-17-18-11-14(12-19-17)16(22)21-8-3-2-4-9-21/h5-7,10-12H,2-4,8-9H2,1H3,(H,18,19,20). The number of likely N-dealkylation sites (tertiary alicyclic amines) is 1. The van der Waals surface area contributed by atoms with Crippen LogP contribution in [0.4, 0.5) is 11.6 Å². The fourth-order valence-electron chi connectivity index (χ4n) is 2.63. The molecule has 1 amide bonds. The van der Waals surface area contributed by atoms with Gasteiger partial charge in [0, 0.05) is 31.2 Å². The summed E-state index contributed by atoms with van der Waals surface area (Å²) in [6.07, 6.45) is 6.57. The van der Waals surface area contributed by atoms with Gasteiger partial charge in [0.25, 0.3) is 5.91 Å². The van der Waals surface area contributed by atoms with E-state index in [0.29, 0.717) is 11.5 Å². The maximum atomic E-state index is 12.3. The number of hydrogen-bond donors (Lipinski definition) is 1. The van der Waals surface area contributed by atoms with E-state index < -0.39 is 0 Å². The summed E-state index contributed by atoms with van der Waals surface area (Å²) in [7, 11) is 0. The van der Waals surface area contributed by atoms with E-state index >= 15 is 0 Å². The highest BCUT2D eigenvalue weighted by molar-refractivity contribution is 5.93. The molecule has 1 N–H and O–H groups in total. The van der Waals surface area contributed by atoms with Crippen LogP contribution in [0.15, 0.2) is 36.7 Å². The molecule has 5 heteroatoms. The zero-order chi connectivity index (χ0) is 15.4. The van der Waals surface area contributed by atoms with E-state index in [1.54, 1.807) is 12.4 Å². The summed E-state index contributed by atoms with van der Waals surface area (Å²) in [5.74, 6) is 0.530. The van der Waals surface area contributed by atoms with E-state index in [9.17, 15) is 4.79 Å². The number of carbonyl (C=O) groups is 1. The monoisotopic (exact) mass is 296 g/mol. The molecule has 1 aliphatic heterocycles. The predicted molar refractivity (Wildman–Crippen MR) is 86.2 cm³/mol. The summed E-state index contributed by atoms with van der Waals surface area (Å²) in [5.41, 5.74) is 2.66. The number of nitrogens with one attached hydrogen (secondary N) is 1. The number of benzene rings is 1. The number of piperidine rings is 1. The van der Waals surface area contributed by atoms with Gasteiger partial charge in [-0.3, -0.25) is 4.79 Å². The van der Waals surface area contributed by atoms with Crippen LogP contribution in [0.5, 0.6) is 0 Å². The summed E-state index contributed by atoms with van der Waals surface area (Å²) in [5, 5.41) is 3.14. The molecule has 2 heterocycles. The largest absolute Gasteiger partial charge is 0.339 e. The zero-order valence-corrected chi connectivity index (χ0v) is 12.7. The summed E-state index contributed by atoms with van der Waals surface area (Å²) in [6.45, 7) is 3.71. The molecule has 1 fully saturated rings. The van der Waals surface area contributed by atoms with Crippen molar-refractivity contribution < 1.29 is 4.79 Å². The van der Waals surface area contributed by atoms with Gasteiger partial charge in [0.1, 0.15) is 0 Å². The van der Waals surface area contributed by atoms with Gasteiger partial charge in [0.2, 0.25) is 5.95 Å². The van der Waals surface area contributed by atoms with Crippen molar-refractivity contribution >= 4 is 17.5 Å². The first-order valence-electron chi connectivity index (χ1n) is 7.67. The number of rotatable bonds is 3. The van der Waals surface area contributed by atoms with E-state index in [-0.39, 0.29) is 5.91 Å². The molecular formula is C17H20N4O. The van der Waals surface area contributed by atoms with Crippen molar-refractivity contribution in [2.45, 2.75) is 26.2 Å². The van der Waals surface area contributed by atoms with Crippen LogP contribution < -0.4 is 5.32 Å². The first-order chi connectivity index (χ1) is 10.7. The molecule has 0 saturated carbocycles. The maximum Gasteiger partial charge on any atom is 0.256 e. The van der Waals surface area contributed by atoms with E-state index in [4.69, 9.17) is 0 Å². The normalized spacial score (nSPS) is 14.7. The number of aromatic nitrogens is 2. The average Bonchev–Trinajstić information content (AvgIpc) is 2.56. The minimum atomic E-state index is 0.0294. The van der Waals surface area contributed by atoms with Gasteiger partial charge in [-0.15, -0.1) is 0 Å². The predicted octanol–water partition coefficient (Wildman–Crippen LogP) is 3.15. The van der Waals surface area contributed by atoms with Gasteiger partial charge in [0.05, 0.1) is 5.56 Å². The van der Waals surface area contributed by atoms with E-state index in [2.05, 4.69) is 15.3 Å². The molecule has 0 bridgehead atoms. The van der Waals surface area contributed by atoms with Crippen molar-refractivity contribution in [1.29, 1.82) is 0 Å². The summed E-state index contributed by atoms with van der Waals surface area (Å²) in [4.78, 5) is 22.7. The number of carbonyl (C=O) groups excluding carboxylic acids is 1. The third kappa shape index (κ3) is 3.42. The summed E-state index contributed by atoms with van der Waals surface area (Å²) in [6, 6.07) is 8.00. The Bertz CT molecular complexity index is 648. The Morgan fingerprint density at radius 2 is 1.86 bits per heavy atom. The van der Waals surface area contributed by atoms with Crippen molar-refractivity contribution in [2.24, 2.45) is 0 Å². The average molecular weight is 296 g/mol. The fraction of sp³-hybridized carbons (Fsp3) is 0.353. The number of aryl methyl sites for hydroxylation is 1. The quantitative estimate of drug-likeness (QED) is 0.945. The lowest BCUT2D eigenvalue weighted by atomic mass is 10.1. The Morgan fingerprint density at radius 1 is 1.14 bits per heavy atom. The third-order valence-corrected chi connectivity index (χ3v) is 3.82. The molecule has 1 aromatic carbocycles. The number of anilines is 2. The van der Waals surface area contributed by atoms with Crippen LogP contribution in [0, 0.1) is 6.92 Å². The van der Waals surface area contributed by atoms with Crippen LogP contribution in [0.25, 0.3) is 0 Å². The second-order valence-electron chi connectivity index (χ2n) is 5.64. The lowest BCUT2D eigenvalue weighted by Crippen LogP contribution is -2.35. The van der Waals surface area contributed by atoms with Crippen molar-refractivity contribution in [3.05, 3.63) is 47.8 Å². The van der Waals surface area contributed by atoms with E-state index in [1.807, 2.05) is 36.1 Å². The van der Waals surface area contributed by atoms with Crippen LogP contribution in [0.2, 0.25) is 0 Å². The number of nitrogens with zero attached hydrogens (tertiary/aromatic N) is 3. The second-order valence-corrected chi connectivity index (χ2v) is 5.64. The molecule has 114 valence electrons. The number of hydrogen-bond acceptors (Lipinski definition) is 4. The zero-order valence-electron chi connectivity index (χ0n) is 12.7.